The molecule has 0 aliphatic carbocycles. The molecule has 0 aliphatic rings. The Morgan fingerprint density at radius 2 is 2.32 bits per heavy atom. The van der Waals surface area contributed by atoms with Crippen LogP contribution in [0.2, 0.25) is 5.02 Å². The molecule has 1 aromatic heterocycles. The fourth-order valence-electron chi connectivity index (χ4n) is 1.37. The van der Waals surface area contributed by atoms with E-state index in [9.17, 15) is 4.79 Å². The minimum atomic E-state index is -0.881. The zero-order chi connectivity index (χ0) is 13.7. The summed E-state index contributed by atoms with van der Waals surface area (Å²) in [7, 11) is 0. The van der Waals surface area contributed by atoms with E-state index in [0.717, 1.165) is 4.90 Å². The van der Waals surface area contributed by atoms with Crippen LogP contribution in [0.3, 0.4) is 0 Å². The monoisotopic (exact) mass is 298 g/mol. The minimum absolute atomic E-state index is 0.0108. The number of aromatic nitrogens is 2. The van der Waals surface area contributed by atoms with Crippen molar-refractivity contribution in [3.8, 4) is 0 Å². The third-order valence-electron chi connectivity index (χ3n) is 2.23. The van der Waals surface area contributed by atoms with Crippen LogP contribution in [-0.2, 0) is 17.0 Å². The van der Waals surface area contributed by atoms with Crippen molar-refractivity contribution in [3.05, 3.63) is 41.0 Å². The second kappa shape index (κ2) is 6.58. The van der Waals surface area contributed by atoms with Gasteiger partial charge in [-0.15, -0.1) is 11.8 Å². The number of benzene rings is 1. The average molecular weight is 299 g/mol. The van der Waals surface area contributed by atoms with Gasteiger partial charge in [-0.2, -0.15) is 4.98 Å². The molecule has 0 bridgehead atoms. The van der Waals surface area contributed by atoms with Gasteiger partial charge in [-0.3, -0.25) is 4.79 Å². The van der Waals surface area contributed by atoms with Gasteiger partial charge in [0.05, 0.1) is 12.2 Å². The van der Waals surface area contributed by atoms with Gasteiger partial charge in [-0.05, 0) is 18.2 Å². The second-order valence-corrected chi connectivity index (χ2v) is 5.23. The highest BCUT2D eigenvalue weighted by Crippen LogP contribution is 2.24. The first-order valence-electron chi connectivity index (χ1n) is 5.55. The normalized spacial score (nSPS) is 10.6. The van der Waals surface area contributed by atoms with E-state index in [4.69, 9.17) is 21.2 Å². The summed E-state index contributed by atoms with van der Waals surface area (Å²) in [5.74, 6) is 0.569. The van der Waals surface area contributed by atoms with E-state index in [-0.39, 0.29) is 12.8 Å². The number of hydrogen-bond acceptors (Lipinski definition) is 5. The maximum atomic E-state index is 10.4. The second-order valence-electron chi connectivity index (χ2n) is 3.74. The maximum Gasteiger partial charge on any atom is 0.303 e. The van der Waals surface area contributed by atoms with Crippen molar-refractivity contribution >= 4 is 29.3 Å². The minimum Gasteiger partial charge on any atom is -0.481 e. The third-order valence-corrected chi connectivity index (χ3v) is 3.45. The number of hydrogen-bond donors (Lipinski definition) is 1. The Hall–Kier alpha value is -1.53. The van der Waals surface area contributed by atoms with E-state index in [0.29, 0.717) is 22.5 Å². The summed E-state index contributed by atoms with van der Waals surface area (Å²) in [5.41, 5.74) is 0. The summed E-state index contributed by atoms with van der Waals surface area (Å²) in [6.07, 6.45) is 0.243. The Morgan fingerprint density at radius 1 is 1.47 bits per heavy atom. The van der Waals surface area contributed by atoms with Crippen molar-refractivity contribution < 1.29 is 14.4 Å². The SMILES string of the molecule is O=C(O)CCc1nc(CSc2cccc(Cl)c2)no1. The van der Waals surface area contributed by atoms with Crippen LogP contribution in [-0.4, -0.2) is 21.2 Å². The lowest BCUT2D eigenvalue weighted by atomic mass is 10.3. The number of thioether (sulfide) groups is 1. The van der Waals surface area contributed by atoms with Gasteiger partial charge in [0.25, 0.3) is 0 Å². The van der Waals surface area contributed by atoms with E-state index in [1.54, 1.807) is 0 Å². The zero-order valence-electron chi connectivity index (χ0n) is 9.88. The van der Waals surface area contributed by atoms with Gasteiger partial charge in [0.2, 0.25) is 5.89 Å². The predicted octanol–water partition coefficient (Wildman–Crippen LogP) is 3.03. The van der Waals surface area contributed by atoms with Crippen molar-refractivity contribution in [1.29, 1.82) is 0 Å². The summed E-state index contributed by atoms with van der Waals surface area (Å²) in [6, 6.07) is 7.49. The molecular formula is C12H11ClN2O3S. The molecule has 19 heavy (non-hydrogen) atoms. The van der Waals surface area contributed by atoms with Gasteiger partial charge in [0.1, 0.15) is 0 Å². The molecule has 0 spiro atoms. The van der Waals surface area contributed by atoms with Gasteiger partial charge >= 0.3 is 5.97 Å². The molecule has 5 nitrogen and oxygen atoms in total. The number of carboxylic acids is 1. The fourth-order valence-corrected chi connectivity index (χ4v) is 2.42. The number of rotatable bonds is 6. The van der Waals surface area contributed by atoms with E-state index >= 15 is 0 Å². The van der Waals surface area contributed by atoms with Crippen molar-refractivity contribution in [1.82, 2.24) is 10.1 Å². The van der Waals surface area contributed by atoms with Crippen LogP contribution in [0.1, 0.15) is 18.1 Å². The van der Waals surface area contributed by atoms with Crippen molar-refractivity contribution in [2.45, 2.75) is 23.5 Å². The predicted molar refractivity (Wildman–Crippen MR) is 71.3 cm³/mol. The first kappa shape index (κ1) is 13.9. The molecule has 100 valence electrons. The van der Waals surface area contributed by atoms with Gasteiger partial charge in [-0.1, -0.05) is 22.8 Å². The molecule has 1 N–H and O–H groups in total. The van der Waals surface area contributed by atoms with Crippen molar-refractivity contribution in [3.63, 3.8) is 0 Å². The highest BCUT2D eigenvalue weighted by atomic mass is 35.5. The zero-order valence-corrected chi connectivity index (χ0v) is 11.4. The van der Waals surface area contributed by atoms with Crippen molar-refractivity contribution in [2.75, 3.05) is 0 Å². The van der Waals surface area contributed by atoms with Crippen LogP contribution in [0.25, 0.3) is 0 Å². The first-order chi connectivity index (χ1) is 9.13. The highest BCUT2D eigenvalue weighted by molar-refractivity contribution is 7.98. The molecular weight excluding hydrogens is 288 g/mol. The van der Waals surface area contributed by atoms with E-state index in [2.05, 4.69) is 10.1 Å². The quantitative estimate of drug-likeness (QED) is 0.826. The summed E-state index contributed by atoms with van der Waals surface area (Å²) in [5, 5.41) is 13.0. The van der Waals surface area contributed by atoms with Gasteiger partial charge in [-0.25, -0.2) is 0 Å². The molecule has 0 atom stereocenters. The molecule has 2 aromatic rings. The third kappa shape index (κ3) is 4.57. The fraction of sp³-hybridized carbons (Fsp3) is 0.250. The lowest BCUT2D eigenvalue weighted by Gasteiger charge is -1.98. The molecule has 0 unspecified atom stereocenters. The molecule has 0 radical (unpaired) electrons. The van der Waals surface area contributed by atoms with Crippen molar-refractivity contribution in [2.24, 2.45) is 0 Å². The van der Waals surface area contributed by atoms with Crippen LogP contribution in [0.15, 0.2) is 33.7 Å². The van der Waals surface area contributed by atoms with E-state index in [1.165, 1.54) is 11.8 Å². The van der Waals surface area contributed by atoms with Crippen LogP contribution >= 0.6 is 23.4 Å². The topological polar surface area (TPSA) is 76.2 Å². The van der Waals surface area contributed by atoms with Gasteiger partial charge in [0.15, 0.2) is 5.82 Å². The van der Waals surface area contributed by atoms with E-state index in [1.807, 2.05) is 24.3 Å². The highest BCUT2D eigenvalue weighted by Gasteiger charge is 2.08. The molecule has 1 heterocycles. The first-order valence-corrected chi connectivity index (χ1v) is 6.91. The smallest absolute Gasteiger partial charge is 0.303 e. The largest absolute Gasteiger partial charge is 0.481 e. The van der Waals surface area contributed by atoms with Gasteiger partial charge < -0.3 is 9.63 Å². The molecule has 2 rings (SSSR count). The lowest BCUT2D eigenvalue weighted by molar-refractivity contribution is -0.137. The summed E-state index contributed by atoms with van der Waals surface area (Å²) < 4.78 is 4.96. The average Bonchev–Trinajstić information content (AvgIpc) is 2.82. The molecule has 0 amide bonds. The Labute approximate surface area is 119 Å². The Balaban J connectivity index is 1.88. The molecule has 1 aromatic carbocycles. The van der Waals surface area contributed by atoms with Gasteiger partial charge in [0, 0.05) is 16.3 Å². The molecule has 0 saturated heterocycles. The Bertz CT molecular complexity index is 574. The number of aryl methyl sites for hydroxylation is 1. The molecule has 7 heteroatoms. The summed E-state index contributed by atoms with van der Waals surface area (Å²) in [4.78, 5) is 15.6. The Kier molecular flexibility index (Phi) is 4.81. The molecule has 0 saturated carbocycles. The number of carbonyl (C=O) groups is 1. The lowest BCUT2D eigenvalue weighted by Crippen LogP contribution is -1.97. The number of aliphatic carboxylic acids is 1. The molecule has 0 aliphatic heterocycles. The summed E-state index contributed by atoms with van der Waals surface area (Å²) in [6.45, 7) is 0. The number of nitrogens with zero attached hydrogens (tertiary/aromatic N) is 2. The van der Waals surface area contributed by atoms with Crippen LogP contribution < -0.4 is 0 Å². The standard InChI is InChI=1S/C12H11ClN2O3S/c13-8-2-1-3-9(6-8)19-7-10-14-11(18-15-10)4-5-12(16)17/h1-3,6H,4-5,7H2,(H,16,17). The van der Waals surface area contributed by atoms with E-state index < -0.39 is 5.97 Å². The maximum absolute atomic E-state index is 10.4. The Morgan fingerprint density at radius 3 is 3.05 bits per heavy atom. The van der Waals surface area contributed by atoms with Crippen LogP contribution in [0, 0.1) is 0 Å². The number of carboxylic acid groups (broad SMARTS) is 1. The summed E-state index contributed by atoms with van der Waals surface area (Å²) >= 11 is 7.42. The van der Waals surface area contributed by atoms with Crippen LogP contribution in [0.5, 0.6) is 0 Å². The number of halogens is 1. The molecule has 0 fully saturated rings. The van der Waals surface area contributed by atoms with Crippen LogP contribution in [0.4, 0.5) is 0 Å².